The highest BCUT2D eigenvalue weighted by Crippen LogP contribution is 2.20. The maximum Gasteiger partial charge on any atom is 0.253 e. The molecule has 0 saturated carbocycles. The van der Waals surface area contributed by atoms with Crippen LogP contribution in [0.15, 0.2) is 70.9 Å². The number of thioether (sulfide) groups is 1. The van der Waals surface area contributed by atoms with E-state index in [-0.39, 0.29) is 11.2 Å². The maximum atomic E-state index is 12.3. The molecule has 154 valence electrons. The minimum absolute atomic E-state index is 0.207. The van der Waals surface area contributed by atoms with Crippen molar-refractivity contribution >= 4 is 23.9 Å². The number of hydrogen-bond acceptors (Lipinski definition) is 6. The SMILES string of the molecule is Cc1cc(C)nc(SC(C)C(=O)N/N=C/c2ccc(OCc3ccccc3)cc2)n1. The Hall–Kier alpha value is -3.19. The van der Waals surface area contributed by atoms with Crippen LogP contribution in [0.1, 0.15) is 29.4 Å². The Bertz CT molecular complexity index is 987. The third-order valence-corrected chi connectivity index (χ3v) is 5.09. The highest BCUT2D eigenvalue weighted by molar-refractivity contribution is 8.00. The Labute approximate surface area is 180 Å². The molecule has 1 amide bonds. The van der Waals surface area contributed by atoms with Crippen molar-refractivity contribution < 1.29 is 9.53 Å². The van der Waals surface area contributed by atoms with Gasteiger partial charge >= 0.3 is 0 Å². The highest BCUT2D eigenvalue weighted by Gasteiger charge is 2.15. The number of rotatable bonds is 8. The fourth-order valence-corrected chi connectivity index (χ4v) is 3.48. The van der Waals surface area contributed by atoms with E-state index in [1.165, 1.54) is 11.8 Å². The highest BCUT2D eigenvalue weighted by atomic mass is 32.2. The van der Waals surface area contributed by atoms with Gasteiger partial charge < -0.3 is 4.74 Å². The topological polar surface area (TPSA) is 76.5 Å². The fourth-order valence-electron chi connectivity index (χ4n) is 2.61. The monoisotopic (exact) mass is 420 g/mol. The largest absolute Gasteiger partial charge is 0.489 e. The number of amides is 1. The van der Waals surface area contributed by atoms with Crippen LogP contribution in [0, 0.1) is 13.8 Å². The van der Waals surface area contributed by atoms with E-state index in [2.05, 4.69) is 20.5 Å². The average Bonchev–Trinajstić information content (AvgIpc) is 2.73. The molecule has 30 heavy (non-hydrogen) atoms. The quantitative estimate of drug-likeness (QED) is 0.254. The van der Waals surface area contributed by atoms with Crippen LogP contribution in [0.3, 0.4) is 0 Å². The third-order valence-electron chi connectivity index (χ3n) is 4.13. The molecule has 0 aliphatic rings. The van der Waals surface area contributed by atoms with Crippen LogP contribution in [0.4, 0.5) is 0 Å². The third kappa shape index (κ3) is 6.70. The minimum atomic E-state index is -0.364. The summed E-state index contributed by atoms with van der Waals surface area (Å²) in [5.74, 6) is 0.570. The Morgan fingerprint density at radius 1 is 1.10 bits per heavy atom. The molecule has 3 rings (SSSR count). The standard InChI is InChI=1S/C23H24N4O2S/c1-16-13-17(2)26-23(25-16)30-18(3)22(28)27-24-14-19-9-11-21(12-10-19)29-15-20-7-5-4-6-8-20/h4-14,18H,15H2,1-3H3,(H,27,28)/b24-14+. The zero-order valence-electron chi connectivity index (χ0n) is 17.2. The number of nitrogens with zero attached hydrogens (tertiary/aromatic N) is 3. The second-order valence-corrected chi connectivity index (χ2v) is 8.08. The summed E-state index contributed by atoms with van der Waals surface area (Å²) >= 11 is 1.31. The lowest BCUT2D eigenvalue weighted by Gasteiger charge is -2.09. The molecular weight excluding hydrogens is 396 g/mol. The Morgan fingerprint density at radius 2 is 1.77 bits per heavy atom. The maximum absolute atomic E-state index is 12.3. The molecule has 3 aromatic rings. The van der Waals surface area contributed by atoms with Crippen molar-refractivity contribution in [2.45, 2.75) is 37.8 Å². The van der Waals surface area contributed by atoms with Crippen molar-refractivity contribution in [2.24, 2.45) is 5.10 Å². The average molecular weight is 421 g/mol. The molecule has 1 atom stereocenters. The first-order chi connectivity index (χ1) is 14.5. The lowest BCUT2D eigenvalue weighted by atomic mass is 10.2. The van der Waals surface area contributed by atoms with Gasteiger partial charge in [0.05, 0.1) is 11.5 Å². The number of hydrogen-bond donors (Lipinski definition) is 1. The molecule has 2 aromatic carbocycles. The molecule has 0 spiro atoms. The predicted molar refractivity (Wildman–Crippen MR) is 120 cm³/mol. The summed E-state index contributed by atoms with van der Waals surface area (Å²) in [5, 5.41) is 4.27. The molecule has 0 aliphatic carbocycles. The van der Waals surface area contributed by atoms with Gasteiger partial charge in [0.25, 0.3) is 5.91 Å². The molecule has 1 unspecified atom stereocenters. The number of benzene rings is 2. The lowest BCUT2D eigenvalue weighted by molar-refractivity contribution is -0.120. The Balaban J connectivity index is 1.47. The summed E-state index contributed by atoms with van der Waals surface area (Å²) in [6, 6.07) is 19.4. The molecule has 0 bridgehead atoms. The molecule has 0 saturated heterocycles. The van der Waals surface area contributed by atoms with E-state index < -0.39 is 0 Å². The predicted octanol–water partition coefficient (Wildman–Crippen LogP) is 4.30. The summed E-state index contributed by atoms with van der Waals surface area (Å²) in [4.78, 5) is 21.0. The molecule has 1 N–H and O–H groups in total. The van der Waals surface area contributed by atoms with E-state index in [0.717, 1.165) is 28.3 Å². The van der Waals surface area contributed by atoms with E-state index in [4.69, 9.17) is 4.74 Å². The number of carbonyl (C=O) groups excluding carboxylic acids is 1. The van der Waals surface area contributed by atoms with Crippen molar-refractivity contribution in [2.75, 3.05) is 0 Å². The molecule has 1 aromatic heterocycles. The van der Waals surface area contributed by atoms with Gasteiger partial charge in [-0.25, -0.2) is 15.4 Å². The fraction of sp³-hybridized carbons (Fsp3) is 0.217. The van der Waals surface area contributed by atoms with Gasteiger partial charge in [-0.2, -0.15) is 5.10 Å². The first-order valence-electron chi connectivity index (χ1n) is 9.58. The van der Waals surface area contributed by atoms with Gasteiger partial charge in [-0.05, 0) is 62.2 Å². The second-order valence-electron chi connectivity index (χ2n) is 6.77. The minimum Gasteiger partial charge on any atom is -0.489 e. The molecule has 7 heteroatoms. The van der Waals surface area contributed by atoms with Crippen molar-refractivity contribution in [3.05, 3.63) is 83.2 Å². The van der Waals surface area contributed by atoms with Gasteiger partial charge in [0.2, 0.25) is 0 Å². The summed E-state index contributed by atoms with van der Waals surface area (Å²) in [5.41, 5.74) is 6.30. The van der Waals surface area contributed by atoms with Crippen LogP contribution in [0.5, 0.6) is 5.75 Å². The zero-order chi connectivity index (χ0) is 21.3. The number of aromatic nitrogens is 2. The molecule has 6 nitrogen and oxygen atoms in total. The number of aryl methyl sites for hydroxylation is 2. The van der Waals surface area contributed by atoms with Gasteiger partial charge in [-0.3, -0.25) is 4.79 Å². The van der Waals surface area contributed by atoms with Crippen LogP contribution in [-0.4, -0.2) is 27.3 Å². The molecule has 0 radical (unpaired) electrons. The molecular formula is C23H24N4O2S. The molecule has 0 fully saturated rings. The number of nitrogens with one attached hydrogen (secondary N) is 1. The zero-order valence-corrected chi connectivity index (χ0v) is 18.0. The van der Waals surface area contributed by atoms with Crippen LogP contribution >= 0.6 is 11.8 Å². The summed E-state index contributed by atoms with van der Waals surface area (Å²) in [7, 11) is 0. The van der Waals surface area contributed by atoms with E-state index in [1.807, 2.05) is 74.5 Å². The smallest absolute Gasteiger partial charge is 0.253 e. The Kier molecular flexibility index (Phi) is 7.57. The van der Waals surface area contributed by atoms with Gasteiger partial charge in [0.1, 0.15) is 12.4 Å². The van der Waals surface area contributed by atoms with Crippen LogP contribution < -0.4 is 10.2 Å². The van der Waals surface area contributed by atoms with E-state index in [0.29, 0.717) is 11.8 Å². The second kappa shape index (κ2) is 10.5. The van der Waals surface area contributed by atoms with Gasteiger partial charge in [0.15, 0.2) is 5.16 Å². The normalized spacial score (nSPS) is 12.0. The number of ether oxygens (including phenoxy) is 1. The van der Waals surface area contributed by atoms with Crippen molar-refractivity contribution in [1.82, 2.24) is 15.4 Å². The number of carbonyl (C=O) groups is 1. The first-order valence-corrected chi connectivity index (χ1v) is 10.5. The summed E-state index contributed by atoms with van der Waals surface area (Å²) < 4.78 is 5.77. The van der Waals surface area contributed by atoms with E-state index >= 15 is 0 Å². The van der Waals surface area contributed by atoms with E-state index in [1.54, 1.807) is 13.1 Å². The summed E-state index contributed by atoms with van der Waals surface area (Å²) in [6.07, 6.45) is 1.60. The van der Waals surface area contributed by atoms with Gasteiger partial charge in [-0.1, -0.05) is 42.1 Å². The van der Waals surface area contributed by atoms with Crippen molar-refractivity contribution in [3.8, 4) is 5.75 Å². The summed E-state index contributed by atoms with van der Waals surface area (Å²) in [6.45, 7) is 6.14. The van der Waals surface area contributed by atoms with Crippen LogP contribution in [-0.2, 0) is 11.4 Å². The Morgan fingerprint density at radius 3 is 2.43 bits per heavy atom. The van der Waals surface area contributed by atoms with Crippen molar-refractivity contribution in [1.29, 1.82) is 0 Å². The van der Waals surface area contributed by atoms with E-state index in [9.17, 15) is 4.79 Å². The number of hydrazone groups is 1. The lowest BCUT2D eigenvalue weighted by Crippen LogP contribution is -2.27. The van der Waals surface area contributed by atoms with Crippen molar-refractivity contribution in [3.63, 3.8) is 0 Å². The van der Waals surface area contributed by atoms with Crippen LogP contribution in [0.25, 0.3) is 0 Å². The first kappa shape index (κ1) is 21.5. The molecule has 0 aliphatic heterocycles. The molecule has 1 heterocycles. The van der Waals surface area contributed by atoms with Crippen LogP contribution in [0.2, 0.25) is 0 Å². The van der Waals surface area contributed by atoms with Gasteiger partial charge in [-0.15, -0.1) is 0 Å². The van der Waals surface area contributed by atoms with Gasteiger partial charge in [0, 0.05) is 11.4 Å².